The van der Waals surface area contributed by atoms with Gasteiger partial charge in [-0.1, -0.05) is 12.1 Å². The van der Waals surface area contributed by atoms with Crippen molar-refractivity contribution >= 4 is 23.7 Å². The van der Waals surface area contributed by atoms with E-state index in [1.165, 1.54) is 42.5 Å². The fourth-order valence-electron chi connectivity index (χ4n) is 2.05. The van der Waals surface area contributed by atoms with Crippen molar-refractivity contribution in [1.29, 1.82) is 5.26 Å². The van der Waals surface area contributed by atoms with Crippen LogP contribution in [0.15, 0.2) is 54.1 Å². The highest BCUT2D eigenvalue weighted by Gasteiger charge is 2.11. The summed E-state index contributed by atoms with van der Waals surface area (Å²) in [4.78, 5) is 33.4. The average Bonchev–Trinajstić information content (AvgIpc) is 2.70. The van der Waals surface area contributed by atoms with E-state index in [9.17, 15) is 19.7 Å². The highest BCUT2D eigenvalue weighted by atomic mass is 16.6. The van der Waals surface area contributed by atoms with Gasteiger partial charge in [0, 0.05) is 12.1 Å². The summed E-state index contributed by atoms with van der Waals surface area (Å²) in [6.45, 7) is -0.413. The number of nitrogens with zero attached hydrogens (tertiary/aromatic N) is 2. The number of benzene rings is 2. The van der Waals surface area contributed by atoms with Gasteiger partial charge >= 0.3 is 11.9 Å². The van der Waals surface area contributed by atoms with E-state index in [4.69, 9.17) is 14.7 Å². The number of carbonyl (C=O) groups excluding carboxylic acids is 2. The molecule has 0 spiro atoms. The molecule has 2 aromatic carbocycles. The van der Waals surface area contributed by atoms with E-state index < -0.39 is 23.5 Å². The Bertz CT molecular complexity index is 959. The molecule has 0 aliphatic heterocycles. The number of hydrogen-bond donors (Lipinski definition) is 0. The van der Waals surface area contributed by atoms with Gasteiger partial charge in [-0.2, -0.15) is 5.26 Å². The first-order valence-electron chi connectivity index (χ1n) is 7.81. The fraction of sp³-hybridized carbons (Fsp3) is 0.105. The number of non-ortho nitro benzene ring substituents is 1. The molecule has 0 fully saturated rings. The highest BCUT2D eigenvalue weighted by molar-refractivity contribution is 5.97. The van der Waals surface area contributed by atoms with Crippen molar-refractivity contribution < 1.29 is 28.7 Å². The molecular formula is C19H14N2O7. The van der Waals surface area contributed by atoms with E-state index >= 15 is 0 Å². The third-order valence-electron chi connectivity index (χ3n) is 3.33. The zero-order valence-corrected chi connectivity index (χ0v) is 14.7. The van der Waals surface area contributed by atoms with Crippen LogP contribution in [0.1, 0.15) is 5.56 Å². The van der Waals surface area contributed by atoms with Crippen LogP contribution in [0.3, 0.4) is 0 Å². The molecule has 0 aliphatic carbocycles. The molecule has 142 valence electrons. The van der Waals surface area contributed by atoms with Gasteiger partial charge in [0.25, 0.3) is 5.69 Å². The first kappa shape index (κ1) is 20.1. The first-order valence-corrected chi connectivity index (χ1v) is 7.81. The maximum atomic E-state index is 11.9. The number of nitro groups is 1. The van der Waals surface area contributed by atoms with Gasteiger partial charge in [0.15, 0.2) is 6.61 Å². The molecule has 0 aromatic heterocycles. The van der Waals surface area contributed by atoms with E-state index in [1.807, 2.05) is 0 Å². The maximum absolute atomic E-state index is 11.9. The standard InChI is InChI=1S/C19H14N2O7/c1-26-19(23)14(11-20)9-13-3-2-4-17(10-13)28-18(22)12-27-16-7-5-15(6-8-16)21(24)25/h2-10H,12H2,1H3/b14-9+. The number of nitriles is 1. The van der Waals surface area contributed by atoms with Crippen LogP contribution in [0, 0.1) is 21.4 Å². The number of hydrogen-bond acceptors (Lipinski definition) is 8. The largest absolute Gasteiger partial charge is 0.482 e. The minimum absolute atomic E-state index is 0.0940. The van der Waals surface area contributed by atoms with Crippen LogP contribution in [-0.2, 0) is 14.3 Å². The zero-order chi connectivity index (χ0) is 20.5. The lowest BCUT2D eigenvalue weighted by atomic mass is 10.1. The second-order valence-corrected chi connectivity index (χ2v) is 5.25. The third-order valence-corrected chi connectivity index (χ3v) is 3.33. The van der Waals surface area contributed by atoms with Crippen molar-refractivity contribution in [2.75, 3.05) is 13.7 Å². The Morgan fingerprint density at radius 1 is 1.18 bits per heavy atom. The molecule has 0 bridgehead atoms. The number of nitro benzene ring substituents is 1. The topological polar surface area (TPSA) is 129 Å². The minimum atomic E-state index is -0.776. The summed E-state index contributed by atoms with van der Waals surface area (Å²) in [6.07, 6.45) is 1.30. The van der Waals surface area contributed by atoms with Crippen molar-refractivity contribution in [3.8, 4) is 17.6 Å². The summed E-state index contributed by atoms with van der Waals surface area (Å²) in [7, 11) is 1.16. The number of rotatable bonds is 7. The summed E-state index contributed by atoms with van der Waals surface area (Å²) in [6, 6.07) is 13.2. The zero-order valence-electron chi connectivity index (χ0n) is 14.7. The van der Waals surface area contributed by atoms with Crippen LogP contribution in [0.5, 0.6) is 11.5 Å². The molecule has 9 heteroatoms. The van der Waals surface area contributed by atoms with E-state index in [-0.39, 0.29) is 22.8 Å². The summed E-state index contributed by atoms with van der Waals surface area (Å²) in [5, 5.41) is 19.6. The monoisotopic (exact) mass is 382 g/mol. The van der Waals surface area contributed by atoms with E-state index in [2.05, 4.69) is 4.74 Å². The van der Waals surface area contributed by atoms with Gasteiger partial charge in [-0.15, -0.1) is 0 Å². The Balaban J connectivity index is 1.98. The van der Waals surface area contributed by atoms with Gasteiger partial charge in [-0.05, 0) is 35.9 Å². The molecule has 0 saturated heterocycles. The molecule has 0 saturated carbocycles. The molecule has 9 nitrogen and oxygen atoms in total. The van der Waals surface area contributed by atoms with E-state index in [0.29, 0.717) is 5.56 Å². The highest BCUT2D eigenvalue weighted by Crippen LogP contribution is 2.19. The van der Waals surface area contributed by atoms with Crippen molar-refractivity contribution in [3.05, 3.63) is 69.8 Å². The van der Waals surface area contributed by atoms with Crippen LogP contribution < -0.4 is 9.47 Å². The molecule has 28 heavy (non-hydrogen) atoms. The van der Waals surface area contributed by atoms with Crippen LogP contribution in [-0.4, -0.2) is 30.6 Å². The third kappa shape index (κ3) is 5.67. The van der Waals surface area contributed by atoms with Crippen molar-refractivity contribution in [1.82, 2.24) is 0 Å². The smallest absolute Gasteiger partial charge is 0.349 e. The van der Waals surface area contributed by atoms with Gasteiger partial charge < -0.3 is 14.2 Å². The van der Waals surface area contributed by atoms with Gasteiger partial charge in [-0.3, -0.25) is 10.1 Å². The normalized spacial score (nSPS) is 10.5. The molecule has 0 aliphatic rings. The van der Waals surface area contributed by atoms with Crippen molar-refractivity contribution in [2.45, 2.75) is 0 Å². The maximum Gasteiger partial charge on any atom is 0.349 e. The molecular weight excluding hydrogens is 368 g/mol. The molecule has 0 atom stereocenters. The predicted octanol–water partition coefficient (Wildman–Crippen LogP) is 2.66. The lowest BCUT2D eigenvalue weighted by Gasteiger charge is -2.07. The van der Waals surface area contributed by atoms with Crippen molar-refractivity contribution in [2.24, 2.45) is 0 Å². The Morgan fingerprint density at radius 3 is 2.50 bits per heavy atom. The van der Waals surface area contributed by atoms with Crippen LogP contribution in [0.25, 0.3) is 6.08 Å². The summed E-state index contributed by atoms with van der Waals surface area (Å²) in [5.41, 5.74) is 0.166. The molecule has 2 aromatic rings. The fourth-order valence-corrected chi connectivity index (χ4v) is 2.05. The summed E-state index contributed by atoms with van der Waals surface area (Å²) < 4.78 is 14.9. The molecule has 2 rings (SSSR count). The Hall–Kier alpha value is -4.19. The molecule has 0 radical (unpaired) electrons. The number of esters is 2. The Labute approximate surface area is 159 Å². The van der Waals surface area contributed by atoms with E-state index in [0.717, 1.165) is 7.11 Å². The number of methoxy groups -OCH3 is 1. The Morgan fingerprint density at radius 2 is 1.89 bits per heavy atom. The first-order chi connectivity index (χ1) is 13.4. The number of carbonyl (C=O) groups is 2. The summed E-state index contributed by atoms with van der Waals surface area (Å²) >= 11 is 0. The van der Waals surface area contributed by atoms with Gasteiger partial charge in [0.05, 0.1) is 12.0 Å². The number of ether oxygens (including phenoxy) is 3. The quantitative estimate of drug-likeness (QED) is 0.178. The summed E-state index contributed by atoms with van der Waals surface area (Å²) in [5.74, 6) is -1.02. The average molecular weight is 382 g/mol. The van der Waals surface area contributed by atoms with Crippen LogP contribution >= 0.6 is 0 Å². The van der Waals surface area contributed by atoms with Gasteiger partial charge in [0.1, 0.15) is 23.1 Å². The lowest BCUT2D eigenvalue weighted by molar-refractivity contribution is -0.384. The minimum Gasteiger partial charge on any atom is -0.482 e. The second-order valence-electron chi connectivity index (χ2n) is 5.25. The predicted molar refractivity (Wildman–Crippen MR) is 96.3 cm³/mol. The second kappa shape index (κ2) is 9.49. The molecule has 0 heterocycles. The van der Waals surface area contributed by atoms with Gasteiger partial charge in [-0.25, -0.2) is 9.59 Å². The molecule has 0 N–H and O–H groups in total. The van der Waals surface area contributed by atoms with Crippen molar-refractivity contribution in [3.63, 3.8) is 0 Å². The van der Waals surface area contributed by atoms with Crippen LogP contribution in [0.4, 0.5) is 5.69 Å². The SMILES string of the molecule is COC(=O)/C(C#N)=C/c1cccc(OC(=O)COc2ccc([N+](=O)[O-])cc2)c1. The molecule has 0 unspecified atom stereocenters. The molecule has 0 amide bonds. The Kier molecular flexibility index (Phi) is 6.82. The van der Waals surface area contributed by atoms with E-state index in [1.54, 1.807) is 18.2 Å². The van der Waals surface area contributed by atoms with Gasteiger partial charge in [0.2, 0.25) is 0 Å². The van der Waals surface area contributed by atoms with Crippen LogP contribution in [0.2, 0.25) is 0 Å². The lowest BCUT2D eigenvalue weighted by Crippen LogP contribution is -2.17.